The van der Waals surface area contributed by atoms with E-state index in [1.807, 2.05) is 0 Å². The van der Waals surface area contributed by atoms with Gasteiger partial charge in [0.25, 0.3) is 0 Å². The van der Waals surface area contributed by atoms with Crippen LogP contribution in [0.5, 0.6) is 0 Å². The molecular weight excluding hydrogens is 177 g/mol. The molecule has 5 heteroatoms. The van der Waals surface area contributed by atoms with Crippen LogP contribution in [0.25, 0.3) is 0 Å². The number of aliphatic imine (C=N–C) groups is 1. The third-order valence-electron chi connectivity index (χ3n) is 1.36. The number of carbonyl (C=O) groups excluding carboxylic acids is 1. The molecule has 0 saturated carbocycles. The summed E-state index contributed by atoms with van der Waals surface area (Å²) < 4.78 is 12.5. The maximum Gasteiger partial charge on any atom is 0.338 e. The van der Waals surface area contributed by atoms with Crippen molar-refractivity contribution in [1.29, 1.82) is 0 Å². The number of carboxylic acids is 1. The number of carboxylic acid groups (broad SMARTS) is 1. The number of halogens is 1. The van der Waals surface area contributed by atoms with E-state index in [0.717, 1.165) is 18.2 Å². The number of isocyanates is 1. The number of aromatic carboxylic acids is 1. The summed E-state index contributed by atoms with van der Waals surface area (Å²) in [5.41, 5.74) is -0.466. The normalized spacial score (nSPS) is 9.00. The maximum absolute atomic E-state index is 12.5. The van der Waals surface area contributed by atoms with E-state index in [0.29, 0.717) is 0 Å². The van der Waals surface area contributed by atoms with Gasteiger partial charge in [-0.05, 0) is 18.2 Å². The predicted molar refractivity (Wildman–Crippen MR) is 41.1 cm³/mol. The Labute approximate surface area is 72.3 Å². The minimum atomic E-state index is -1.34. The predicted octanol–water partition coefficient (Wildman–Crippen LogP) is 1.49. The molecule has 0 bridgehead atoms. The van der Waals surface area contributed by atoms with Gasteiger partial charge in [0.1, 0.15) is 5.82 Å². The van der Waals surface area contributed by atoms with E-state index in [1.54, 1.807) is 0 Å². The fraction of sp³-hybridized carbons (Fsp3) is 0. The Balaban J connectivity index is 3.34. The standard InChI is InChI=1S/C8H4FNO3/c9-5-1-2-7(10-4-11)6(3-5)8(12)13/h1-3H,(H,12,13). The van der Waals surface area contributed by atoms with Gasteiger partial charge in [0, 0.05) is 0 Å². The van der Waals surface area contributed by atoms with E-state index in [1.165, 1.54) is 6.08 Å². The smallest absolute Gasteiger partial charge is 0.338 e. The molecule has 0 heterocycles. The molecule has 0 fully saturated rings. The highest BCUT2D eigenvalue weighted by Crippen LogP contribution is 2.19. The van der Waals surface area contributed by atoms with Crippen molar-refractivity contribution < 1.29 is 19.1 Å². The third kappa shape index (κ3) is 1.98. The summed E-state index contributed by atoms with van der Waals surface area (Å²) in [6.45, 7) is 0. The highest BCUT2D eigenvalue weighted by molar-refractivity contribution is 5.93. The van der Waals surface area contributed by atoms with Gasteiger partial charge in [0.2, 0.25) is 6.08 Å². The van der Waals surface area contributed by atoms with E-state index in [9.17, 15) is 14.0 Å². The molecule has 0 unspecified atom stereocenters. The van der Waals surface area contributed by atoms with E-state index in [-0.39, 0.29) is 11.3 Å². The number of nitrogens with zero attached hydrogens (tertiary/aromatic N) is 1. The number of hydrogen-bond acceptors (Lipinski definition) is 3. The lowest BCUT2D eigenvalue weighted by Crippen LogP contribution is -1.97. The van der Waals surface area contributed by atoms with Crippen LogP contribution in [0.4, 0.5) is 10.1 Å². The van der Waals surface area contributed by atoms with Crippen molar-refractivity contribution >= 4 is 17.7 Å². The molecule has 4 nitrogen and oxygen atoms in total. The highest BCUT2D eigenvalue weighted by Gasteiger charge is 2.10. The zero-order chi connectivity index (χ0) is 9.84. The third-order valence-corrected chi connectivity index (χ3v) is 1.36. The molecule has 1 rings (SSSR count). The van der Waals surface area contributed by atoms with Crippen LogP contribution in [0.1, 0.15) is 10.4 Å². The van der Waals surface area contributed by atoms with Crippen molar-refractivity contribution in [1.82, 2.24) is 0 Å². The first kappa shape index (κ1) is 9.09. The van der Waals surface area contributed by atoms with E-state index in [2.05, 4.69) is 4.99 Å². The number of carbonyl (C=O) groups is 1. The number of rotatable bonds is 2. The number of hydrogen-bond donors (Lipinski definition) is 1. The molecule has 0 amide bonds. The molecule has 0 aliphatic carbocycles. The van der Waals surface area contributed by atoms with Crippen molar-refractivity contribution in [2.75, 3.05) is 0 Å². The van der Waals surface area contributed by atoms with E-state index >= 15 is 0 Å². The first-order chi connectivity index (χ1) is 6.15. The van der Waals surface area contributed by atoms with Crippen LogP contribution in [0.2, 0.25) is 0 Å². The summed E-state index contributed by atoms with van der Waals surface area (Å²) in [6, 6.07) is 2.91. The van der Waals surface area contributed by atoms with Crippen LogP contribution < -0.4 is 0 Å². The first-order valence-corrected chi connectivity index (χ1v) is 3.26. The average molecular weight is 181 g/mol. The van der Waals surface area contributed by atoms with Crippen molar-refractivity contribution in [3.05, 3.63) is 29.6 Å². The molecule has 0 aromatic heterocycles. The second kappa shape index (κ2) is 3.60. The Bertz CT molecular complexity index is 396. The summed E-state index contributed by atoms with van der Waals surface area (Å²) in [5, 5.41) is 8.56. The van der Waals surface area contributed by atoms with Gasteiger partial charge in [0.05, 0.1) is 11.3 Å². The van der Waals surface area contributed by atoms with Gasteiger partial charge in [0.15, 0.2) is 0 Å². The van der Waals surface area contributed by atoms with Crippen LogP contribution in [0, 0.1) is 5.82 Å². The maximum atomic E-state index is 12.5. The molecule has 0 aliphatic heterocycles. The molecule has 66 valence electrons. The highest BCUT2D eigenvalue weighted by atomic mass is 19.1. The Morgan fingerprint density at radius 3 is 2.77 bits per heavy atom. The van der Waals surface area contributed by atoms with E-state index < -0.39 is 11.8 Å². The number of benzene rings is 1. The van der Waals surface area contributed by atoms with Gasteiger partial charge in [-0.25, -0.2) is 14.0 Å². The summed E-state index contributed by atoms with van der Waals surface area (Å²) in [4.78, 5) is 23.5. The van der Waals surface area contributed by atoms with Gasteiger partial charge >= 0.3 is 5.97 Å². The molecular formula is C8H4FNO3. The van der Waals surface area contributed by atoms with Crippen molar-refractivity contribution in [3.63, 3.8) is 0 Å². The van der Waals surface area contributed by atoms with Crippen LogP contribution >= 0.6 is 0 Å². The van der Waals surface area contributed by atoms with E-state index in [4.69, 9.17) is 5.11 Å². The Kier molecular flexibility index (Phi) is 2.52. The molecule has 1 aromatic carbocycles. The largest absolute Gasteiger partial charge is 0.478 e. The molecule has 1 aromatic rings. The van der Waals surface area contributed by atoms with Gasteiger partial charge in [-0.1, -0.05) is 0 Å². The molecule has 0 atom stereocenters. The topological polar surface area (TPSA) is 66.7 Å². The second-order valence-corrected chi connectivity index (χ2v) is 2.17. The second-order valence-electron chi connectivity index (χ2n) is 2.17. The van der Waals surface area contributed by atoms with Crippen LogP contribution in [0.15, 0.2) is 23.2 Å². The molecule has 1 N–H and O–H groups in total. The van der Waals surface area contributed by atoms with Crippen LogP contribution in [-0.2, 0) is 4.79 Å². The van der Waals surface area contributed by atoms with Gasteiger partial charge in [-0.2, -0.15) is 4.99 Å². The van der Waals surface area contributed by atoms with Gasteiger partial charge in [-0.15, -0.1) is 0 Å². The Morgan fingerprint density at radius 2 is 2.23 bits per heavy atom. The van der Waals surface area contributed by atoms with Crippen molar-refractivity contribution in [2.24, 2.45) is 4.99 Å². The zero-order valence-corrected chi connectivity index (χ0v) is 6.32. The van der Waals surface area contributed by atoms with Crippen LogP contribution in [0.3, 0.4) is 0 Å². The summed E-state index contributed by atoms with van der Waals surface area (Å²) in [7, 11) is 0. The lowest BCUT2D eigenvalue weighted by Gasteiger charge is -1.97. The van der Waals surface area contributed by atoms with Crippen LogP contribution in [-0.4, -0.2) is 17.2 Å². The minimum Gasteiger partial charge on any atom is -0.478 e. The lowest BCUT2D eigenvalue weighted by atomic mass is 10.2. The molecule has 0 spiro atoms. The molecule has 0 aliphatic rings. The lowest BCUT2D eigenvalue weighted by molar-refractivity contribution is 0.0697. The Hall–Kier alpha value is -2.00. The van der Waals surface area contributed by atoms with Crippen molar-refractivity contribution in [3.8, 4) is 0 Å². The van der Waals surface area contributed by atoms with Gasteiger partial charge in [-0.3, -0.25) is 0 Å². The Morgan fingerprint density at radius 1 is 1.54 bits per heavy atom. The minimum absolute atomic E-state index is 0.107. The fourth-order valence-electron chi connectivity index (χ4n) is 0.826. The fourth-order valence-corrected chi connectivity index (χ4v) is 0.826. The first-order valence-electron chi connectivity index (χ1n) is 3.26. The SMILES string of the molecule is O=C=Nc1ccc(F)cc1C(=O)O. The summed E-state index contributed by atoms with van der Waals surface area (Å²) >= 11 is 0. The quantitative estimate of drug-likeness (QED) is 0.555. The van der Waals surface area contributed by atoms with Crippen molar-refractivity contribution in [2.45, 2.75) is 0 Å². The monoisotopic (exact) mass is 181 g/mol. The molecule has 0 saturated heterocycles. The summed E-state index contributed by atoms with van der Waals surface area (Å²) in [6.07, 6.45) is 1.19. The average Bonchev–Trinajstić information content (AvgIpc) is 2.08. The zero-order valence-electron chi connectivity index (χ0n) is 6.32. The molecule has 0 radical (unpaired) electrons. The summed E-state index contributed by atoms with van der Waals surface area (Å²) in [5.74, 6) is -2.03. The van der Waals surface area contributed by atoms with Gasteiger partial charge < -0.3 is 5.11 Å². The molecule has 13 heavy (non-hydrogen) atoms.